The third-order valence-electron chi connectivity index (χ3n) is 4.04. The number of anilines is 1. The molecule has 1 aliphatic rings. The molecule has 1 fully saturated rings. The van der Waals surface area contributed by atoms with Gasteiger partial charge >= 0.3 is 0 Å². The molecule has 1 aromatic heterocycles. The summed E-state index contributed by atoms with van der Waals surface area (Å²) in [6.45, 7) is 0.566. The van der Waals surface area contributed by atoms with E-state index in [9.17, 15) is 4.79 Å². The van der Waals surface area contributed by atoms with Crippen molar-refractivity contribution in [2.75, 3.05) is 11.9 Å². The van der Waals surface area contributed by atoms with E-state index in [1.807, 2.05) is 12.1 Å². The Morgan fingerprint density at radius 3 is 3.04 bits per heavy atom. The number of hydrogen-bond acceptors (Lipinski definition) is 6. The largest absolute Gasteiger partial charge is 0.330 e. The highest BCUT2D eigenvalue weighted by Crippen LogP contribution is 2.36. The van der Waals surface area contributed by atoms with E-state index in [2.05, 4.69) is 15.5 Å². The van der Waals surface area contributed by atoms with E-state index in [0.29, 0.717) is 17.3 Å². The molecule has 5 nitrogen and oxygen atoms in total. The van der Waals surface area contributed by atoms with Gasteiger partial charge in [-0.1, -0.05) is 41.1 Å². The summed E-state index contributed by atoms with van der Waals surface area (Å²) in [5, 5.41) is 11.3. The summed E-state index contributed by atoms with van der Waals surface area (Å²) in [5.41, 5.74) is 8.14. The lowest BCUT2D eigenvalue weighted by atomic mass is 9.95. The van der Waals surface area contributed by atoms with Crippen LogP contribution in [0.25, 0.3) is 0 Å². The van der Waals surface area contributed by atoms with Gasteiger partial charge in [0.1, 0.15) is 5.51 Å². The summed E-state index contributed by atoms with van der Waals surface area (Å²) in [4.78, 5) is 13.3. The van der Waals surface area contributed by atoms with E-state index in [-0.39, 0.29) is 17.7 Å². The second-order valence-corrected chi connectivity index (χ2v) is 8.00. The Morgan fingerprint density at radius 2 is 2.35 bits per heavy atom. The molecule has 1 aromatic carbocycles. The van der Waals surface area contributed by atoms with Crippen LogP contribution in [0.3, 0.4) is 0 Å². The van der Waals surface area contributed by atoms with E-state index in [1.165, 1.54) is 23.1 Å². The number of hydrogen-bond donors (Lipinski definition) is 2. The molecule has 0 aliphatic heterocycles. The number of nitrogens with two attached hydrogens (primary N) is 1. The Labute approximate surface area is 148 Å². The van der Waals surface area contributed by atoms with Gasteiger partial charge < -0.3 is 11.1 Å². The first-order valence-corrected chi connectivity index (χ1v) is 9.49. The topological polar surface area (TPSA) is 80.9 Å². The fraction of sp³-hybridized carbons (Fsp3) is 0.400. The normalized spacial score (nSPS) is 20.6. The summed E-state index contributed by atoms with van der Waals surface area (Å²) in [7, 11) is 0. The SMILES string of the molecule is NC[C@H]1CCC[C@H]1C(=O)Nc1ccc(Sc2nncs2)c(Cl)c1. The maximum atomic E-state index is 12.4. The van der Waals surface area contributed by atoms with Crippen LogP contribution in [0.4, 0.5) is 5.69 Å². The van der Waals surface area contributed by atoms with Crippen molar-refractivity contribution in [1.82, 2.24) is 10.2 Å². The van der Waals surface area contributed by atoms with Gasteiger partial charge in [0, 0.05) is 16.5 Å². The molecule has 0 spiro atoms. The molecule has 0 unspecified atom stereocenters. The van der Waals surface area contributed by atoms with Crippen LogP contribution in [0.2, 0.25) is 5.02 Å². The number of carbonyl (C=O) groups excluding carboxylic acids is 1. The smallest absolute Gasteiger partial charge is 0.227 e. The van der Waals surface area contributed by atoms with Crippen molar-refractivity contribution in [3.8, 4) is 0 Å². The lowest BCUT2D eigenvalue weighted by molar-refractivity contribution is -0.120. The predicted molar refractivity (Wildman–Crippen MR) is 94.0 cm³/mol. The summed E-state index contributed by atoms with van der Waals surface area (Å²) in [5.74, 6) is 0.338. The van der Waals surface area contributed by atoms with Crippen molar-refractivity contribution < 1.29 is 4.79 Å². The van der Waals surface area contributed by atoms with Gasteiger partial charge in [0.15, 0.2) is 4.34 Å². The minimum atomic E-state index is 0.00854. The average molecular weight is 369 g/mol. The van der Waals surface area contributed by atoms with Crippen molar-refractivity contribution in [2.45, 2.75) is 28.5 Å². The van der Waals surface area contributed by atoms with Crippen molar-refractivity contribution in [3.63, 3.8) is 0 Å². The number of nitrogens with one attached hydrogen (secondary N) is 1. The minimum Gasteiger partial charge on any atom is -0.330 e. The molecule has 8 heteroatoms. The van der Waals surface area contributed by atoms with Crippen LogP contribution < -0.4 is 11.1 Å². The maximum Gasteiger partial charge on any atom is 0.227 e. The third kappa shape index (κ3) is 4.03. The van der Waals surface area contributed by atoms with E-state index in [0.717, 1.165) is 28.5 Å². The monoisotopic (exact) mass is 368 g/mol. The van der Waals surface area contributed by atoms with E-state index < -0.39 is 0 Å². The summed E-state index contributed by atoms with van der Waals surface area (Å²) >= 11 is 9.23. The first-order chi connectivity index (χ1) is 11.2. The number of amides is 1. The van der Waals surface area contributed by atoms with Crippen molar-refractivity contribution >= 4 is 46.3 Å². The number of nitrogens with zero attached hydrogens (tertiary/aromatic N) is 2. The lowest BCUT2D eigenvalue weighted by Gasteiger charge is -2.17. The summed E-state index contributed by atoms with van der Waals surface area (Å²) < 4.78 is 0.834. The zero-order valence-corrected chi connectivity index (χ0v) is 14.8. The van der Waals surface area contributed by atoms with Crippen LogP contribution in [0.15, 0.2) is 32.9 Å². The molecule has 1 heterocycles. The van der Waals surface area contributed by atoms with Gasteiger partial charge in [-0.15, -0.1) is 10.2 Å². The molecule has 0 saturated heterocycles. The highest BCUT2D eigenvalue weighted by molar-refractivity contribution is 8.01. The van der Waals surface area contributed by atoms with Gasteiger partial charge in [-0.3, -0.25) is 4.79 Å². The number of halogens is 1. The molecular formula is C15H17ClN4OS2. The van der Waals surface area contributed by atoms with Gasteiger partial charge in [-0.25, -0.2) is 0 Å². The standard InChI is InChI=1S/C15H17ClN4OS2/c16-12-6-10(4-5-13(12)23-15-20-18-8-22-15)19-14(21)11-3-1-2-9(11)7-17/h4-6,8-9,11H,1-3,7,17H2,(H,19,21)/t9-,11-/m1/s1. The molecule has 2 atom stereocenters. The Hall–Kier alpha value is -1.15. The quantitative estimate of drug-likeness (QED) is 0.841. The third-order valence-corrected chi connectivity index (χ3v) is 6.31. The van der Waals surface area contributed by atoms with Gasteiger partial charge in [-0.2, -0.15) is 0 Å². The van der Waals surface area contributed by atoms with Gasteiger partial charge in [0.2, 0.25) is 5.91 Å². The predicted octanol–water partition coefficient (Wildman–Crippen LogP) is 3.66. The van der Waals surface area contributed by atoms with Gasteiger partial charge in [0.25, 0.3) is 0 Å². The fourth-order valence-corrected chi connectivity index (χ4v) is 4.60. The summed E-state index contributed by atoms with van der Waals surface area (Å²) in [6.07, 6.45) is 3.01. The first-order valence-electron chi connectivity index (χ1n) is 7.42. The molecule has 1 aliphatic carbocycles. The average Bonchev–Trinajstić information content (AvgIpc) is 3.20. The van der Waals surface area contributed by atoms with Crippen molar-refractivity contribution in [1.29, 1.82) is 0 Å². The number of benzene rings is 1. The van der Waals surface area contributed by atoms with Crippen LogP contribution >= 0.6 is 34.7 Å². The number of rotatable bonds is 5. The van der Waals surface area contributed by atoms with Crippen LogP contribution in [0.5, 0.6) is 0 Å². The maximum absolute atomic E-state index is 12.4. The van der Waals surface area contributed by atoms with Crippen molar-refractivity contribution in [3.05, 3.63) is 28.7 Å². The Morgan fingerprint density at radius 1 is 1.48 bits per heavy atom. The van der Waals surface area contributed by atoms with Crippen molar-refractivity contribution in [2.24, 2.45) is 17.6 Å². The Kier molecular flexibility index (Phi) is 5.53. The molecule has 3 N–H and O–H groups in total. The number of carbonyl (C=O) groups is 1. The van der Waals surface area contributed by atoms with Gasteiger partial charge in [0.05, 0.1) is 5.02 Å². The molecule has 0 radical (unpaired) electrons. The Balaban J connectivity index is 1.67. The highest BCUT2D eigenvalue weighted by atomic mass is 35.5. The van der Waals surface area contributed by atoms with Crippen LogP contribution in [-0.2, 0) is 4.79 Å². The molecule has 3 rings (SSSR count). The van der Waals surface area contributed by atoms with Gasteiger partial charge in [-0.05, 0) is 43.5 Å². The van der Waals surface area contributed by atoms with E-state index in [1.54, 1.807) is 11.6 Å². The Bertz CT molecular complexity index is 680. The summed E-state index contributed by atoms with van der Waals surface area (Å²) in [6, 6.07) is 5.52. The minimum absolute atomic E-state index is 0.00854. The molecule has 1 saturated carbocycles. The second kappa shape index (κ2) is 7.61. The number of aromatic nitrogens is 2. The van der Waals surface area contributed by atoms with E-state index in [4.69, 9.17) is 17.3 Å². The van der Waals surface area contributed by atoms with E-state index >= 15 is 0 Å². The van der Waals surface area contributed by atoms with Crippen LogP contribution in [-0.4, -0.2) is 22.6 Å². The molecular weight excluding hydrogens is 352 g/mol. The lowest BCUT2D eigenvalue weighted by Crippen LogP contribution is -2.29. The molecule has 122 valence electrons. The molecule has 0 bridgehead atoms. The second-order valence-electron chi connectivity index (χ2n) is 5.47. The fourth-order valence-electron chi connectivity index (χ4n) is 2.86. The molecule has 2 aromatic rings. The van der Waals surface area contributed by atoms with Crippen LogP contribution in [0, 0.1) is 11.8 Å². The zero-order chi connectivity index (χ0) is 16.2. The zero-order valence-electron chi connectivity index (χ0n) is 12.4. The molecule has 1 amide bonds. The highest BCUT2D eigenvalue weighted by Gasteiger charge is 2.31. The first kappa shape index (κ1) is 16.7. The molecule has 23 heavy (non-hydrogen) atoms. The van der Waals surface area contributed by atoms with Crippen LogP contribution in [0.1, 0.15) is 19.3 Å².